The second-order valence-corrected chi connectivity index (χ2v) is 7.38. The smallest absolute Gasteiger partial charge is 0.352 e. The molecule has 7 nitrogen and oxygen atoms in total. The van der Waals surface area contributed by atoms with Crippen molar-refractivity contribution in [1.29, 1.82) is 0 Å². The van der Waals surface area contributed by atoms with Crippen LogP contribution in [0, 0.1) is 13.8 Å². The summed E-state index contributed by atoms with van der Waals surface area (Å²) >= 11 is 0. The van der Waals surface area contributed by atoms with E-state index in [1.165, 1.54) is 6.20 Å². The number of carboxylic acids is 1. The first kappa shape index (κ1) is 20.2. The van der Waals surface area contributed by atoms with Crippen LogP contribution in [0.2, 0.25) is 0 Å². The fourth-order valence-corrected chi connectivity index (χ4v) is 3.34. The molecule has 0 spiro atoms. The topological polar surface area (TPSA) is 96.3 Å². The standard InChI is InChI=1S/C24H22N4O3/c1-15-8-10-18(12-16(15)2)26-23(29)20-14-25-28-19(11-9-17-6-4-3-5-7-17)13-21(24(30)31)27-22(20)28/h3-14,19,27H,1-2H3,(H,26,29)(H,30,31). The first-order valence-corrected chi connectivity index (χ1v) is 9.84. The number of carbonyl (C=O) groups is 2. The Morgan fingerprint density at radius 1 is 1.13 bits per heavy atom. The number of rotatable bonds is 5. The number of amides is 1. The average Bonchev–Trinajstić information content (AvgIpc) is 3.19. The highest BCUT2D eigenvalue weighted by atomic mass is 16.4. The zero-order valence-electron chi connectivity index (χ0n) is 17.2. The molecule has 7 heteroatoms. The monoisotopic (exact) mass is 414 g/mol. The number of aromatic nitrogens is 2. The lowest BCUT2D eigenvalue weighted by molar-refractivity contribution is -0.132. The lowest BCUT2D eigenvalue weighted by Gasteiger charge is -2.22. The SMILES string of the molecule is Cc1ccc(NC(=O)c2cnn3c2NC(C(=O)O)=CC3C=Cc2ccccc2)cc1C. The summed E-state index contributed by atoms with van der Waals surface area (Å²) < 4.78 is 1.60. The quantitative estimate of drug-likeness (QED) is 0.575. The lowest BCUT2D eigenvalue weighted by Crippen LogP contribution is -2.24. The van der Waals surface area contributed by atoms with E-state index in [0.717, 1.165) is 16.7 Å². The van der Waals surface area contributed by atoms with Crippen molar-refractivity contribution in [3.8, 4) is 0 Å². The third kappa shape index (κ3) is 4.25. The van der Waals surface area contributed by atoms with Crippen LogP contribution < -0.4 is 10.6 Å². The van der Waals surface area contributed by atoms with Crippen molar-refractivity contribution >= 4 is 29.5 Å². The van der Waals surface area contributed by atoms with Gasteiger partial charge >= 0.3 is 5.97 Å². The fraction of sp³-hybridized carbons (Fsp3) is 0.125. The molecule has 0 saturated carbocycles. The van der Waals surface area contributed by atoms with Gasteiger partial charge in [0.05, 0.1) is 12.2 Å². The molecular weight excluding hydrogens is 392 g/mol. The number of benzene rings is 2. The molecule has 1 unspecified atom stereocenters. The van der Waals surface area contributed by atoms with Crippen molar-refractivity contribution < 1.29 is 14.7 Å². The molecule has 1 aliphatic heterocycles. The van der Waals surface area contributed by atoms with E-state index < -0.39 is 12.0 Å². The number of nitrogens with one attached hydrogen (secondary N) is 2. The third-order valence-corrected chi connectivity index (χ3v) is 5.19. The van der Waals surface area contributed by atoms with Crippen molar-refractivity contribution in [3.63, 3.8) is 0 Å². The number of carbonyl (C=O) groups excluding carboxylic acids is 1. The molecule has 0 radical (unpaired) electrons. The van der Waals surface area contributed by atoms with Crippen molar-refractivity contribution in [1.82, 2.24) is 9.78 Å². The summed E-state index contributed by atoms with van der Waals surface area (Å²) in [5, 5.41) is 19.6. The molecule has 1 aromatic heterocycles. The number of anilines is 2. The minimum absolute atomic E-state index is 0.00376. The second-order valence-electron chi connectivity index (χ2n) is 7.38. The highest BCUT2D eigenvalue weighted by molar-refractivity contribution is 6.08. The minimum Gasteiger partial charge on any atom is -0.477 e. The minimum atomic E-state index is -1.11. The molecule has 31 heavy (non-hydrogen) atoms. The van der Waals surface area contributed by atoms with E-state index in [9.17, 15) is 14.7 Å². The van der Waals surface area contributed by atoms with Crippen molar-refractivity contribution in [2.75, 3.05) is 10.6 Å². The molecule has 2 heterocycles. The van der Waals surface area contributed by atoms with Crippen LogP contribution in [0.1, 0.15) is 33.1 Å². The van der Waals surface area contributed by atoms with Gasteiger partial charge in [-0.15, -0.1) is 0 Å². The van der Waals surface area contributed by atoms with E-state index in [1.54, 1.807) is 10.8 Å². The van der Waals surface area contributed by atoms with Gasteiger partial charge in [-0.25, -0.2) is 9.48 Å². The predicted molar refractivity (Wildman–Crippen MR) is 120 cm³/mol. The lowest BCUT2D eigenvalue weighted by atomic mass is 10.1. The van der Waals surface area contributed by atoms with Gasteiger partial charge in [0.1, 0.15) is 17.1 Å². The normalized spacial score (nSPS) is 15.2. The van der Waals surface area contributed by atoms with Crippen LogP contribution in [0.4, 0.5) is 11.5 Å². The van der Waals surface area contributed by atoms with Gasteiger partial charge in [-0.1, -0.05) is 48.6 Å². The van der Waals surface area contributed by atoms with Crippen LogP contribution in [0.15, 0.2) is 72.6 Å². The molecule has 0 saturated heterocycles. The Morgan fingerprint density at radius 2 is 1.90 bits per heavy atom. The molecule has 1 atom stereocenters. The number of hydrogen-bond acceptors (Lipinski definition) is 4. The summed E-state index contributed by atoms with van der Waals surface area (Å²) in [6.45, 7) is 3.98. The van der Waals surface area contributed by atoms with E-state index >= 15 is 0 Å². The van der Waals surface area contributed by atoms with Gasteiger partial charge in [0.15, 0.2) is 0 Å². The van der Waals surface area contributed by atoms with Crippen LogP contribution in [-0.2, 0) is 4.79 Å². The Kier molecular flexibility index (Phi) is 5.41. The summed E-state index contributed by atoms with van der Waals surface area (Å²) in [4.78, 5) is 24.6. The zero-order chi connectivity index (χ0) is 22.0. The van der Waals surface area contributed by atoms with Crippen molar-refractivity contribution in [3.05, 3.63) is 94.8 Å². The first-order chi connectivity index (χ1) is 14.9. The summed E-state index contributed by atoms with van der Waals surface area (Å²) in [5.41, 5.74) is 4.10. The van der Waals surface area contributed by atoms with Crippen LogP contribution in [0.25, 0.3) is 6.08 Å². The van der Waals surface area contributed by atoms with Crippen LogP contribution in [0.5, 0.6) is 0 Å². The average molecular weight is 414 g/mol. The molecule has 3 N–H and O–H groups in total. The Labute approximate surface area is 179 Å². The molecule has 0 fully saturated rings. The zero-order valence-corrected chi connectivity index (χ0v) is 17.2. The van der Waals surface area contributed by atoms with Gasteiger partial charge in [-0.05, 0) is 48.7 Å². The number of nitrogens with zero attached hydrogens (tertiary/aromatic N) is 2. The van der Waals surface area contributed by atoms with E-state index in [2.05, 4.69) is 15.7 Å². The Bertz CT molecular complexity index is 1210. The van der Waals surface area contributed by atoms with Gasteiger partial charge in [0.2, 0.25) is 0 Å². The molecule has 1 aliphatic rings. The second kappa shape index (κ2) is 8.31. The van der Waals surface area contributed by atoms with Gasteiger partial charge in [-0.3, -0.25) is 4.79 Å². The highest BCUT2D eigenvalue weighted by Crippen LogP contribution is 2.30. The number of carboxylic acid groups (broad SMARTS) is 1. The van der Waals surface area contributed by atoms with Gasteiger partial charge in [0.25, 0.3) is 5.91 Å². The summed E-state index contributed by atoms with van der Waals surface area (Å²) in [6.07, 6.45) is 6.75. The summed E-state index contributed by atoms with van der Waals surface area (Å²) in [5.74, 6) is -1.13. The largest absolute Gasteiger partial charge is 0.477 e. The van der Waals surface area contributed by atoms with Gasteiger partial charge in [0, 0.05) is 5.69 Å². The highest BCUT2D eigenvalue weighted by Gasteiger charge is 2.27. The van der Waals surface area contributed by atoms with E-state index in [0.29, 0.717) is 11.5 Å². The molecule has 2 aromatic carbocycles. The maximum absolute atomic E-state index is 12.9. The van der Waals surface area contributed by atoms with Crippen molar-refractivity contribution in [2.24, 2.45) is 0 Å². The molecule has 3 aromatic rings. The van der Waals surface area contributed by atoms with E-state index in [4.69, 9.17) is 0 Å². The molecule has 1 amide bonds. The van der Waals surface area contributed by atoms with Crippen LogP contribution >= 0.6 is 0 Å². The Hall–Kier alpha value is -4.13. The molecule has 156 valence electrons. The van der Waals surface area contributed by atoms with Gasteiger partial charge in [-0.2, -0.15) is 5.10 Å². The Morgan fingerprint density at radius 3 is 2.61 bits per heavy atom. The molecule has 0 bridgehead atoms. The van der Waals surface area contributed by atoms with Crippen LogP contribution in [0.3, 0.4) is 0 Å². The number of hydrogen-bond donors (Lipinski definition) is 3. The summed E-state index contributed by atoms with van der Waals surface area (Å²) in [7, 11) is 0. The van der Waals surface area contributed by atoms with Crippen molar-refractivity contribution in [2.45, 2.75) is 19.9 Å². The number of fused-ring (bicyclic) bond motifs is 1. The molecular formula is C24H22N4O3. The maximum Gasteiger partial charge on any atom is 0.352 e. The maximum atomic E-state index is 12.9. The van der Waals surface area contributed by atoms with Gasteiger partial charge < -0.3 is 15.7 Å². The van der Waals surface area contributed by atoms with E-state index in [1.807, 2.05) is 74.5 Å². The molecule has 0 aliphatic carbocycles. The number of aryl methyl sites for hydroxylation is 2. The third-order valence-electron chi connectivity index (χ3n) is 5.19. The predicted octanol–water partition coefficient (Wildman–Crippen LogP) is 4.40. The Balaban J connectivity index is 1.64. The fourth-order valence-electron chi connectivity index (χ4n) is 3.34. The summed E-state index contributed by atoms with van der Waals surface area (Å²) in [6, 6.07) is 14.9. The number of allylic oxidation sites excluding steroid dienone is 2. The number of aliphatic carboxylic acids is 1. The molecule has 4 rings (SSSR count). The van der Waals surface area contributed by atoms with Crippen LogP contribution in [-0.4, -0.2) is 26.8 Å². The van der Waals surface area contributed by atoms with E-state index in [-0.39, 0.29) is 17.2 Å². The first-order valence-electron chi connectivity index (χ1n) is 9.84.